The molecule has 1 atom stereocenters. The van der Waals surface area contributed by atoms with Crippen LogP contribution in [-0.2, 0) is 14.3 Å². The van der Waals surface area contributed by atoms with E-state index in [1.165, 1.54) is 38.8 Å². The molecule has 2 aliphatic rings. The van der Waals surface area contributed by atoms with Gasteiger partial charge in [0.1, 0.15) is 5.78 Å². The summed E-state index contributed by atoms with van der Waals surface area (Å²) >= 11 is 0. The van der Waals surface area contributed by atoms with E-state index in [1.807, 2.05) is 13.8 Å². The highest BCUT2D eigenvalue weighted by atomic mass is 16.5. The second-order valence-corrected chi connectivity index (χ2v) is 9.05. The van der Waals surface area contributed by atoms with Gasteiger partial charge < -0.3 is 14.4 Å². The molecule has 0 amide bonds. The minimum Gasteiger partial charge on any atom is -0.378 e. The summed E-state index contributed by atoms with van der Waals surface area (Å²) in [5, 5.41) is 0. The van der Waals surface area contributed by atoms with Crippen molar-refractivity contribution < 1.29 is 14.3 Å². The van der Waals surface area contributed by atoms with Crippen LogP contribution < -0.4 is 0 Å². The Kier molecular flexibility index (Phi) is 10.3. The van der Waals surface area contributed by atoms with Crippen LogP contribution >= 0.6 is 0 Å². The Bertz CT molecular complexity index is 410. The van der Waals surface area contributed by atoms with E-state index in [2.05, 4.69) is 18.7 Å². The van der Waals surface area contributed by atoms with Crippen LogP contribution in [-0.4, -0.2) is 56.2 Å². The van der Waals surface area contributed by atoms with Crippen molar-refractivity contribution in [3.05, 3.63) is 0 Å². The average Bonchev–Trinajstić information content (AvgIpc) is 2.70. The third-order valence-corrected chi connectivity index (χ3v) is 6.80. The Hall–Kier alpha value is -0.450. The molecule has 1 unspecified atom stereocenters. The maximum Gasteiger partial charge on any atom is 0.138 e. The van der Waals surface area contributed by atoms with Crippen molar-refractivity contribution in [1.82, 2.24) is 4.90 Å². The molecular formula is C23H43NO3. The Labute approximate surface area is 167 Å². The van der Waals surface area contributed by atoms with Gasteiger partial charge >= 0.3 is 0 Å². The minimum absolute atomic E-state index is 0.207. The zero-order valence-corrected chi connectivity index (χ0v) is 18.3. The number of ether oxygens (including phenoxy) is 2. The zero-order valence-electron chi connectivity index (χ0n) is 18.3. The molecule has 1 saturated carbocycles. The molecule has 2 fully saturated rings. The highest BCUT2D eigenvalue weighted by Gasteiger charge is 2.32. The van der Waals surface area contributed by atoms with Crippen LogP contribution in [0.15, 0.2) is 0 Å². The van der Waals surface area contributed by atoms with Gasteiger partial charge in [-0.2, -0.15) is 0 Å². The standard InChI is InChI=1S/C23H43NO3/c1-5-19(4)27-17-16-26-15-14-24-12-10-21(11-13-24)20-6-8-22(9-7-20)23(25)18(2)3/h18-22H,5-17H2,1-4H3. The molecule has 2 rings (SSSR count). The maximum absolute atomic E-state index is 12.2. The van der Waals surface area contributed by atoms with E-state index in [0.29, 0.717) is 31.0 Å². The van der Waals surface area contributed by atoms with Gasteiger partial charge in [-0.15, -0.1) is 0 Å². The first-order valence-electron chi connectivity index (χ1n) is 11.5. The van der Waals surface area contributed by atoms with Gasteiger partial charge in [0, 0.05) is 18.4 Å². The van der Waals surface area contributed by atoms with Gasteiger partial charge in [0.25, 0.3) is 0 Å². The number of Topliss-reactive ketones (excluding diaryl/α,β-unsaturated/α-hetero) is 1. The first-order valence-corrected chi connectivity index (χ1v) is 11.5. The maximum atomic E-state index is 12.2. The van der Waals surface area contributed by atoms with E-state index < -0.39 is 0 Å². The molecule has 0 aromatic rings. The lowest BCUT2D eigenvalue weighted by Gasteiger charge is -2.39. The largest absolute Gasteiger partial charge is 0.378 e. The summed E-state index contributed by atoms with van der Waals surface area (Å²) in [7, 11) is 0. The topological polar surface area (TPSA) is 38.8 Å². The predicted octanol–water partition coefficient (Wildman–Crippen LogP) is 4.56. The average molecular weight is 382 g/mol. The summed E-state index contributed by atoms with van der Waals surface area (Å²) in [6.07, 6.45) is 8.86. The Morgan fingerprint density at radius 2 is 1.56 bits per heavy atom. The second kappa shape index (κ2) is 12.2. The van der Waals surface area contributed by atoms with Crippen molar-refractivity contribution in [3.8, 4) is 0 Å². The van der Waals surface area contributed by atoms with Crippen molar-refractivity contribution >= 4 is 5.78 Å². The summed E-state index contributed by atoms with van der Waals surface area (Å²) in [4.78, 5) is 14.8. The number of carbonyl (C=O) groups excluding carboxylic acids is 1. The number of likely N-dealkylation sites (tertiary alicyclic amines) is 1. The number of carbonyl (C=O) groups is 1. The van der Waals surface area contributed by atoms with Crippen molar-refractivity contribution in [3.63, 3.8) is 0 Å². The summed E-state index contributed by atoms with van der Waals surface area (Å²) in [6, 6.07) is 0. The molecule has 0 N–H and O–H groups in total. The van der Waals surface area contributed by atoms with Crippen LogP contribution in [0.4, 0.5) is 0 Å². The molecule has 4 nitrogen and oxygen atoms in total. The van der Waals surface area contributed by atoms with Crippen LogP contribution in [0.1, 0.15) is 72.6 Å². The molecule has 158 valence electrons. The molecule has 1 heterocycles. The monoisotopic (exact) mass is 381 g/mol. The number of hydrogen-bond donors (Lipinski definition) is 0. The molecule has 0 spiro atoms. The number of ketones is 1. The smallest absolute Gasteiger partial charge is 0.138 e. The highest BCUT2D eigenvalue weighted by molar-refractivity contribution is 5.82. The lowest BCUT2D eigenvalue weighted by Crippen LogP contribution is -2.39. The van der Waals surface area contributed by atoms with E-state index in [-0.39, 0.29) is 5.92 Å². The molecule has 0 aromatic heterocycles. The molecule has 4 heteroatoms. The van der Waals surface area contributed by atoms with E-state index >= 15 is 0 Å². The summed E-state index contributed by atoms with van der Waals surface area (Å²) < 4.78 is 11.4. The lowest BCUT2D eigenvalue weighted by molar-refractivity contribution is -0.127. The van der Waals surface area contributed by atoms with Gasteiger partial charge in [-0.05, 0) is 76.8 Å². The second-order valence-electron chi connectivity index (χ2n) is 9.05. The van der Waals surface area contributed by atoms with E-state index in [9.17, 15) is 4.79 Å². The molecule has 1 aliphatic carbocycles. The first kappa shape index (κ1) is 22.8. The van der Waals surface area contributed by atoms with Crippen molar-refractivity contribution in [2.45, 2.75) is 78.7 Å². The molecule has 0 bridgehead atoms. The fourth-order valence-electron chi connectivity index (χ4n) is 4.72. The summed E-state index contributed by atoms with van der Waals surface area (Å²) in [6.45, 7) is 14.1. The van der Waals surface area contributed by atoms with Crippen molar-refractivity contribution in [1.29, 1.82) is 0 Å². The fourth-order valence-corrected chi connectivity index (χ4v) is 4.72. The Morgan fingerprint density at radius 3 is 2.15 bits per heavy atom. The molecule has 27 heavy (non-hydrogen) atoms. The van der Waals surface area contributed by atoms with Crippen LogP contribution in [0.2, 0.25) is 0 Å². The minimum atomic E-state index is 0.207. The van der Waals surface area contributed by atoms with Gasteiger partial charge in [-0.3, -0.25) is 4.79 Å². The van der Waals surface area contributed by atoms with Gasteiger partial charge in [-0.25, -0.2) is 0 Å². The fraction of sp³-hybridized carbons (Fsp3) is 0.957. The molecular weight excluding hydrogens is 338 g/mol. The molecule has 1 saturated heterocycles. The SMILES string of the molecule is CCC(C)OCCOCCN1CCC(C2CCC(C(=O)C(C)C)CC2)CC1. The Balaban J connectivity index is 1.54. The normalized spacial score (nSPS) is 26.4. The molecule has 0 radical (unpaired) electrons. The summed E-state index contributed by atoms with van der Waals surface area (Å²) in [5.74, 6) is 2.79. The quantitative estimate of drug-likeness (QED) is 0.492. The third-order valence-electron chi connectivity index (χ3n) is 6.80. The van der Waals surface area contributed by atoms with Crippen LogP contribution in [0.5, 0.6) is 0 Å². The van der Waals surface area contributed by atoms with Crippen LogP contribution in [0, 0.1) is 23.7 Å². The van der Waals surface area contributed by atoms with Gasteiger partial charge in [0.2, 0.25) is 0 Å². The first-order chi connectivity index (χ1) is 13.0. The Morgan fingerprint density at radius 1 is 0.926 bits per heavy atom. The van der Waals surface area contributed by atoms with E-state index in [0.717, 1.165) is 44.2 Å². The van der Waals surface area contributed by atoms with E-state index in [1.54, 1.807) is 0 Å². The van der Waals surface area contributed by atoms with Crippen molar-refractivity contribution in [2.24, 2.45) is 23.7 Å². The number of piperidine rings is 1. The molecule has 0 aromatic carbocycles. The van der Waals surface area contributed by atoms with Crippen LogP contribution in [0.25, 0.3) is 0 Å². The van der Waals surface area contributed by atoms with Gasteiger partial charge in [0.05, 0.1) is 25.9 Å². The number of hydrogen-bond acceptors (Lipinski definition) is 4. The van der Waals surface area contributed by atoms with E-state index in [4.69, 9.17) is 9.47 Å². The lowest BCUT2D eigenvalue weighted by atomic mass is 9.71. The third kappa shape index (κ3) is 7.83. The highest BCUT2D eigenvalue weighted by Crippen LogP contribution is 2.38. The molecule has 1 aliphatic heterocycles. The van der Waals surface area contributed by atoms with Gasteiger partial charge in [-0.1, -0.05) is 20.8 Å². The number of nitrogens with zero attached hydrogens (tertiary/aromatic N) is 1. The van der Waals surface area contributed by atoms with Crippen LogP contribution in [0.3, 0.4) is 0 Å². The predicted molar refractivity (Wildman–Crippen MR) is 111 cm³/mol. The van der Waals surface area contributed by atoms with Crippen molar-refractivity contribution in [2.75, 3.05) is 39.5 Å². The summed E-state index contributed by atoms with van der Waals surface area (Å²) in [5.41, 5.74) is 0. The number of rotatable bonds is 11. The zero-order chi connectivity index (χ0) is 19.6. The van der Waals surface area contributed by atoms with Gasteiger partial charge in [0.15, 0.2) is 0 Å².